The molecular weight excluding hydrogens is 402 g/mol. The van der Waals surface area contributed by atoms with Crippen molar-refractivity contribution < 1.29 is 9.59 Å². The molecule has 1 aliphatic rings. The normalized spacial score (nSPS) is 15.6. The van der Waals surface area contributed by atoms with Gasteiger partial charge in [-0.25, -0.2) is 0 Å². The van der Waals surface area contributed by atoms with E-state index >= 15 is 0 Å². The van der Waals surface area contributed by atoms with E-state index in [1.165, 1.54) is 10.6 Å². The maximum Gasteiger partial charge on any atom is 0.255 e. The Balaban J connectivity index is 1.95. The third-order valence-corrected chi connectivity index (χ3v) is 5.96. The molecule has 0 saturated carbocycles. The highest BCUT2D eigenvalue weighted by Gasteiger charge is 2.23. The minimum absolute atomic E-state index is 0.0903. The summed E-state index contributed by atoms with van der Waals surface area (Å²) < 4.78 is 1.43. The number of hydrogen-bond donors (Lipinski definition) is 0. The standard InChI is InChI=1S/C26H35N3O3/c1-20(2)17-25(31)29-16-10-6-4-5-9-15-28(19-21-11-7-8-12-23(21)29)26(32)22-13-14-24(30)27(3)18-22/h7-8,11-14,18,20H,4-6,9-10,15-17,19H2,1-3H3. The van der Waals surface area contributed by atoms with E-state index in [1.807, 2.05) is 34.1 Å². The largest absolute Gasteiger partial charge is 0.334 e. The summed E-state index contributed by atoms with van der Waals surface area (Å²) in [6.45, 7) is 5.92. The first kappa shape index (κ1) is 23.8. The van der Waals surface area contributed by atoms with E-state index in [2.05, 4.69) is 13.8 Å². The zero-order chi connectivity index (χ0) is 23.1. The van der Waals surface area contributed by atoms with Crippen LogP contribution in [-0.4, -0.2) is 34.4 Å². The number of hydrogen-bond acceptors (Lipinski definition) is 3. The Kier molecular flexibility index (Phi) is 8.26. The van der Waals surface area contributed by atoms with Crippen LogP contribution >= 0.6 is 0 Å². The molecule has 172 valence electrons. The van der Waals surface area contributed by atoms with Gasteiger partial charge in [0.1, 0.15) is 0 Å². The molecule has 0 atom stereocenters. The number of pyridine rings is 1. The number of anilines is 1. The number of amides is 2. The summed E-state index contributed by atoms with van der Waals surface area (Å²) in [7, 11) is 1.66. The summed E-state index contributed by atoms with van der Waals surface area (Å²) in [5, 5.41) is 0. The number of carbonyl (C=O) groups is 2. The van der Waals surface area contributed by atoms with Gasteiger partial charge < -0.3 is 14.4 Å². The quantitative estimate of drug-likeness (QED) is 0.716. The number of aryl methyl sites for hydroxylation is 1. The molecule has 2 aromatic rings. The molecule has 2 heterocycles. The molecular formula is C26H35N3O3. The van der Waals surface area contributed by atoms with E-state index in [1.54, 1.807) is 19.3 Å². The van der Waals surface area contributed by atoms with Crippen LogP contribution in [0.1, 0.15) is 68.3 Å². The molecule has 0 spiro atoms. The number of benzene rings is 1. The molecule has 0 radical (unpaired) electrons. The van der Waals surface area contributed by atoms with Crippen LogP contribution in [-0.2, 0) is 18.4 Å². The van der Waals surface area contributed by atoms with Gasteiger partial charge in [0, 0.05) is 51.1 Å². The van der Waals surface area contributed by atoms with Crippen LogP contribution in [0.4, 0.5) is 5.69 Å². The zero-order valence-electron chi connectivity index (χ0n) is 19.5. The lowest BCUT2D eigenvalue weighted by Crippen LogP contribution is -2.36. The fourth-order valence-electron chi connectivity index (χ4n) is 4.21. The van der Waals surface area contributed by atoms with Gasteiger partial charge in [-0.3, -0.25) is 14.4 Å². The molecule has 6 nitrogen and oxygen atoms in total. The van der Waals surface area contributed by atoms with Crippen molar-refractivity contribution in [2.24, 2.45) is 13.0 Å². The van der Waals surface area contributed by atoms with Crippen molar-refractivity contribution in [1.29, 1.82) is 0 Å². The highest BCUT2D eigenvalue weighted by molar-refractivity contribution is 5.95. The lowest BCUT2D eigenvalue weighted by Gasteiger charge is -2.30. The molecule has 0 fully saturated rings. The van der Waals surface area contributed by atoms with Crippen LogP contribution < -0.4 is 10.5 Å². The van der Waals surface area contributed by atoms with Crippen molar-refractivity contribution in [3.8, 4) is 0 Å². The molecule has 0 N–H and O–H groups in total. The average molecular weight is 438 g/mol. The van der Waals surface area contributed by atoms with Crippen LogP contribution in [0.25, 0.3) is 0 Å². The van der Waals surface area contributed by atoms with Gasteiger partial charge in [-0.15, -0.1) is 0 Å². The lowest BCUT2D eigenvalue weighted by molar-refractivity contribution is -0.119. The second-order valence-electron chi connectivity index (χ2n) is 9.13. The zero-order valence-corrected chi connectivity index (χ0v) is 19.5. The fraction of sp³-hybridized carbons (Fsp3) is 0.500. The van der Waals surface area contributed by atoms with Gasteiger partial charge in [-0.05, 0) is 36.5 Å². The van der Waals surface area contributed by atoms with Crippen LogP contribution in [0, 0.1) is 5.92 Å². The number of fused-ring (bicyclic) bond motifs is 1. The molecule has 32 heavy (non-hydrogen) atoms. The molecule has 0 bridgehead atoms. The third-order valence-electron chi connectivity index (χ3n) is 5.96. The Morgan fingerprint density at radius 3 is 2.34 bits per heavy atom. The third kappa shape index (κ3) is 6.09. The second-order valence-corrected chi connectivity index (χ2v) is 9.13. The molecule has 2 amide bonds. The van der Waals surface area contributed by atoms with Crippen LogP contribution in [0.15, 0.2) is 47.4 Å². The summed E-state index contributed by atoms with van der Waals surface area (Å²) in [5.41, 5.74) is 2.24. The van der Waals surface area contributed by atoms with E-state index < -0.39 is 0 Å². The maximum absolute atomic E-state index is 13.4. The predicted octanol–water partition coefficient (Wildman–Crippen LogP) is 4.37. The van der Waals surface area contributed by atoms with Gasteiger partial charge in [-0.2, -0.15) is 0 Å². The highest BCUT2D eigenvalue weighted by atomic mass is 16.2. The first-order chi connectivity index (χ1) is 15.4. The number of nitrogens with zero attached hydrogens (tertiary/aromatic N) is 3. The van der Waals surface area contributed by atoms with E-state index in [4.69, 9.17) is 0 Å². The molecule has 6 heteroatoms. The number of carbonyl (C=O) groups excluding carboxylic acids is 2. The minimum atomic E-state index is -0.139. The number of rotatable bonds is 3. The van der Waals surface area contributed by atoms with Crippen molar-refractivity contribution in [1.82, 2.24) is 9.47 Å². The van der Waals surface area contributed by atoms with E-state index in [-0.39, 0.29) is 17.4 Å². The molecule has 3 rings (SSSR count). The van der Waals surface area contributed by atoms with Gasteiger partial charge in [0.05, 0.1) is 5.56 Å². The topological polar surface area (TPSA) is 62.6 Å². The number of aromatic nitrogens is 1. The van der Waals surface area contributed by atoms with Crippen LogP contribution in [0.2, 0.25) is 0 Å². The summed E-state index contributed by atoms with van der Waals surface area (Å²) in [6.07, 6.45) is 7.26. The monoisotopic (exact) mass is 437 g/mol. The summed E-state index contributed by atoms with van der Waals surface area (Å²) in [5.74, 6) is 0.340. The Labute approximate surface area is 190 Å². The Morgan fingerprint density at radius 2 is 1.62 bits per heavy atom. The summed E-state index contributed by atoms with van der Waals surface area (Å²) in [4.78, 5) is 42.0. The van der Waals surface area contributed by atoms with E-state index in [0.717, 1.165) is 43.4 Å². The van der Waals surface area contributed by atoms with Crippen molar-refractivity contribution in [2.75, 3.05) is 18.0 Å². The number of para-hydroxylation sites is 1. The maximum atomic E-state index is 13.4. The Morgan fingerprint density at radius 1 is 0.938 bits per heavy atom. The van der Waals surface area contributed by atoms with Gasteiger partial charge in [0.2, 0.25) is 11.5 Å². The molecule has 1 aliphatic heterocycles. The average Bonchev–Trinajstić information content (AvgIpc) is 2.75. The van der Waals surface area contributed by atoms with E-state index in [0.29, 0.717) is 37.5 Å². The van der Waals surface area contributed by atoms with Crippen molar-refractivity contribution in [3.05, 3.63) is 64.1 Å². The SMILES string of the molecule is CC(C)CC(=O)N1CCCCCCCN(C(=O)c2ccc(=O)n(C)c2)Cc2ccccc21. The molecule has 1 aromatic carbocycles. The van der Waals surface area contributed by atoms with Gasteiger partial charge in [0.25, 0.3) is 5.91 Å². The van der Waals surface area contributed by atoms with Gasteiger partial charge in [-0.1, -0.05) is 51.3 Å². The minimum Gasteiger partial charge on any atom is -0.334 e. The fourth-order valence-corrected chi connectivity index (χ4v) is 4.21. The van der Waals surface area contributed by atoms with Crippen LogP contribution in [0.5, 0.6) is 0 Å². The van der Waals surface area contributed by atoms with Gasteiger partial charge in [0.15, 0.2) is 0 Å². The predicted molar refractivity (Wildman–Crippen MR) is 128 cm³/mol. The molecule has 0 aliphatic carbocycles. The smallest absolute Gasteiger partial charge is 0.255 e. The first-order valence-corrected chi connectivity index (χ1v) is 11.7. The summed E-state index contributed by atoms with van der Waals surface area (Å²) >= 11 is 0. The van der Waals surface area contributed by atoms with Crippen molar-refractivity contribution >= 4 is 17.5 Å². The Hall–Kier alpha value is -2.89. The van der Waals surface area contributed by atoms with Crippen LogP contribution in [0.3, 0.4) is 0 Å². The lowest BCUT2D eigenvalue weighted by atomic mass is 10.0. The van der Waals surface area contributed by atoms with E-state index in [9.17, 15) is 14.4 Å². The first-order valence-electron chi connectivity index (χ1n) is 11.7. The Bertz CT molecular complexity index is 996. The van der Waals surface area contributed by atoms with Crippen molar-refractivity contribution in [2.45, 2.75) is 58.9 Å². The molecule has 0 saturated heterocycles. The second kappa shape index (κ2) is 11.1. The summed E-state index contributed by atoms with van der Waals surface area (Å²) in [6, 6.07) is 11.0. The molecule has 1 aromatic heterocycles. The van der Waals surface area contributed by atoms with Crippen molar-refractivity contribution in [3.63, 3.8) is 0 Å². The highest BCUT2D eigenvalue weighted by Crippen LogP contribution is 2.26. The molecule has 0 unspecified atom stereocenters. The van der Waals surface area contributed by atoms with Gasteiger partial charge >= 0.3 is 0 Å².